The Labute approximate surface area is 178 Å². The second-order valence-electron chi connectivity index (χ2n) is 5.84. The quantitative estimate of drug-likeness (QED) is 0.138. The maximum Gasteiger partial charge on any atom is 0.418 e. The summed E-state index contributed by atoms with van der Waals surface area (Å²) < 4.78 is 69.4. The van der Waals surface area contributed by atoms with Gasteiger partial charge in [0.2, 0.25) is 0 Å². The fourth-order valence-corrected chi connectivity index (χ4v) is 3.63. The van der Waals surface area contributed by atoms with Crippen LogP contribution in [0.15, 0.2) is 22.7 Å². The zero-order valence-corrected chi connectivity index (χ0v) is 17.1. The summed E-state index contributed by atoms with van der Waals surface area (Å²) in [5, 5.41) is 21.8. The van der Waals surface area contributed by atoms with Crippen molar-refractivity contribution in [2.45, 2.75) is 19.5 Å². The Morgan fingerprint density at radius 2 is 1.70 bits per heavy atom. The highest BCUT2D eigenvalue weighted by atomic mass is 79.9. The lowest BCUT2D eigenvalue weighted by atomic mass is 10.1. The molecule has 2 aromatic rings. The van der Waals surface area contributed by atoms with Crippen molar-refractivity contribution in [2.24, 2.45) is 0 Å². The first-order valence-corrected chi connectivity index (χ1v) is 9.12. The molecule has 0 N–H and O–H groups in total. The van der Waals surface area contributed by atoms with Crippen molar-refractivity contribution >= 4 is 50.3 Å². The Kier molecular flexibility index (Phi) is 6.87. The first kappa shape index (κ1) is 23.7. The molecule has 0 saturated heterocycles. The van der Waals surface area contributed by atoms with Crippen molar-refractivity contribution < 1.29 is 31.8 Å². The second-order valence-corrected chi connectivity index (χ2v) is 7.04. The van der Waals surface area contributed by atoms with Gasteiger partial charge in [0.05, 0.1) is 36.7 Å². The van der Waals surface area contributed by atoms with Crippen LogP contribution in [0.1, 0.15) is 18.9 Å². The zero-order chi connectivity index (χ0) is 23.0. The molecule has 0 unspecified atom stereocenters. The Morgan fingerprint density at radius 3 is 2.17 bits per heavy atom. The number of halogens is 7. The molecule has 0 aromatic heterocycles. The number of non-ortho nitro benzene ring substituents is 1. The number of anilines is 2. The van der Waals surface area contributed by atoms with E-state index in [0.717, 1.165) is 0 Å². The number of alkyl halides is 3. The Balaban J connectivity index is 3.02. The molecular formula is C16H10BrClF5N3O4. The predicted molar refractivity (Wildman–Crippen MR) is 101 cm³/mol. The predicted octanol–water partition coefficient (Wildman–Crippen LogP) is 6.76. The van der Waals surface area contributed by atoms with Crippen LogP contribution in [0.2, 0.25) is 5.02 Å². The standard InChI is InChI=1S/C16H10BrClF5N3O4/c1-2-3-24(15-10(19)6-9(18)13(20)12(15)17)14-8(16(21,22)23)4-7(25(27)28)5-11(14)26(29)30/h4-6H,2-3H2,1H3. The minimum atomic E-state index is -5.29. The van der Waals surface area contributed by atoms with Crippen molar-refractivity contribution in [1.82, 2.24) is 0 Å². The highest BCUT2D eigenvalue weighted by Gasteiger charge is 2.42. The number of hydrogen-bond donors (Lipinski definition) is 0. The first-order valence-electron chi connectivity index (χ1n) is 7.95. The van der Waals surface area contributed by atoms with Crippen molar-refractivity contribution in [2.75, 3.05) is 11.4 Å². The molecule has 0 bridgehead atoms. The molecule has 0 aliphatic heterocycles. The monoisotopic (exact) mass is 517 g/mol. The van der Waals surface area contributed by atoms with E-state index in [2.05, 4.69) is 15.9 Å². The molecule has 162 valence electrons. The summed E-state index contributed by atoms with van der Waals surface area (Å²) >= 11 is 8.26. The molecule has 2 rings (SSSR count). The third-order valence-electron chi connectivity index (χ3n) is 3.86. The molecule has 0 aliphatic carbocycles. The highest BCUT2D eigenvalue weighted by Crippen LogP contribution is 2.49. The number of nitrogens with zero attached hydrogens (tertiary/aromatic N) is 3. The Bertz CT molecular complexity index is 1040. The molecule has 0 radical (unpaired) electrons. The third kappa shape index (κ3) is 4.46. The van der Waals surface area contributed by atoms with E-state index in [0.29, 0.717) is 17.0 Å². The van der Waals surface area contributed by atoms with E-state index in [4.69, 9.17) is 11.6 Å². The Hall–Kier alpha value is -2.54. The van der Waals surface area contributed by atoms with Gasteiger partial charge in [-0.2, -0.15) is 13.2 Å². The van der Waals surface area contributed by atoms with Crippen LogP contribution in [0.25, 0.3) is 0 Å². The maximum absolute atomic E-state index is 14.6. The minimum absolute atomic E-state index is 0.0571. The van der Waals surface area contributed by atoms with Gasteiger partial charge < -0.3 is 4.90 Å². The number of hydrogen-bond acceptors (Lipinski definition) is 5. The lowest BCUT2D eigenvalue weighted by molar-refractivity contribution is -0.394. The molecule has 2 aromatic carbocycles. The van der Waals surface area contributed by atoms with Gasteiger partial charge in [0.1, 0.15) is 11.5 Å². The van der Waals surface area contributed by atoms with Gasteiger partial charge >= 0.3 is 6.18 Å². The normalized spacial score (nSPS) is 11.5. The second kappa shape index (κ2) is 8.68. The molecule has 0 saturated carbocycles. The summed E-state index contributed by atoms with van der Waals surface area (Å²) in [7, 11) is 0. The van der Waals surface area contributed by atoms with Gasteiger partial charge in [-0.1, -0.05) is 18.5 Å². The maximum atomic E-state index is 14.6. The molecule has 0 spiro atoms. The average Bonchev–Trinajstić information content (AvgIpc) is 2.63. The van der Waals surface area contributed by atoms with Gasteiger partial charge in [-0.25, -0.2) is 8.78 Å². The van der Waals surface area contributed by atoms with Gasteiger partial charge in [-0.05, 0) is 28.4 Å². The molecule has 7 nitrogen and oxygen atoms in total. The van der Waals surface area contributed by atoms with Gasteiger partial charge in [0.25, 0.3) is 11.4 Å². The summed E-state index contributed by atoms with van der Waals surface area (Å²) in [6, 6.07) is 0.929. The summed E-state index contributed by atoms with van der Waals surface area (Å²) in [6.07, 6.45) is -5.23. The molecular weight excluding hydrogens is 509 g/mol. The molecule has 30 heavy (non-hydrogen) atoms. The minimum Gasteiger partial charge on any atom is -0.332 e. The van der Waals surface area contributed by atoms with E-state index in [1.165, 1.54) is 6.92 Å². The van der Waals surface area contributed by atoms with E-state index in [1.807, 2.05) is 0 Å². The fraction of sp³-hybridized carbons (Fsp3) is 0.250. The SMILES string of the molecule is CCCN(c1c([N+](=O)[O-])cc([N+](=O)[O-])cc1C(F)(F)F)c1c(F)cc(Cl)c(F)c1Br. The van der Waals surface area contributed by atoms with Crippen LogP contribution >= 0.6 is 27.5 Å². The Morgan fingerprint density at radius 1 is 1.10 bits per heavy atom. The molecule has 0 heterocycles. The van der Waals surface area contributed by atoms with Gasteiger partial charge in [0, 0.05) is 12.6 Å². The van der Waals surface area contributed by atoms with E-state index < -0.39 is 72.0 Å². The number of rotatable bonds is 6. The smallest absolute Gasteiger partial charge is 0.332 e. The van der Waals surface area contributed by atoms with Crippen molar-refractivity contribution in [3.8, 4) is 0 Å². The molecule has 14 heteroatoms. The zero-order valence-electron chi connectivity index (χ0n) is 14.8. The third-order valence-corrected chi connectivity index (χ3v) is 4.86. The van der Waals surface area contributed by atoms with Crippen LogP contribution in [0.5, 0.6) is 0 Å². The van der Waals surface area contributed by atoms with Crippen LogP contribution in [0.3, 0.4) is 0 Å². The van der Waals surface area contributed by atoms with Gasteiger partial charge in [-0.15, -0.1) is 0 Å². The fourth-order valence-electron chi connectivity index (χ4n) is 2.71. The first-order chi connectivity index (χ1) is 13.8. The lowest BCUT2D eigenvalue weighted by Gasteiger charge is -2.28. The van der Waals surface area contributed by atoms with E-state index in [9.17, 15) is 42.2 Å². The summed E-state index contributed by atoms with van der Waals surface area (Å²) in [5.41, 5.74) is -6.18. The molecule has 0 atom stereocenters. The lowest BCUT2D eigenvalue weighted by Crippen LogP contribution is -2.25. The van der Waals surface area contributed by atoms with Gasteiger partial charge in [0.15, 0.2) is 5.82 Å². The van der Waals surface area contributed by atoms with E-state index in [-0.39, 0.29) is 12.5 Å². The van der Waals surface area contributed by atoms with E-state index >= 15 is 0 Å². The van der Waals surface area contributed by atoms with Crippen molar-refractivity contribution in [3.63, 3.8) is 0 Å². The van der Waals surface area contributed by atoms with Crippen LogP contribution in [0.4, 0.5) is 44.7 Å². The molecule has 0 amide bonds. The number of nitro benzene ring substituents is 2. The molecule has 0 aliphatic rings. The topological polar surface area (TPSA) is 89.5 Å². The largest absolute Gasteiger partial charge is 0.418 e. The summed E-state index contributed by atoms with van der Waals surface area (Å²) in [5.74, 6) is -2.46. The van der Waals surface area contributed by atoms with Gasteiger partial charge in [-0.3, -0.25) is 20.2 Å². The molecule has 0 fully saturated rings. The van der Waals surface area contributed by atoms with Crippen molar-refractivity contribution in [3.05, 3.63) is 65.1 Å². The van der Waals surface area contributed by atoms with Crippen LogP contribution in [-0.2, 0) is 6.18 Å². The number of nitro groups is 2. The highest BCUT2D eigenvalue weighted by molar-refractivity contribution is 9.10. The summed E-state index contributed by atoms with van der Waals surface area (Å²) in [6.45, 7) is 1.06. The van der Waals surface area contributed by atoms with Crippen LogP contribution < -0.4 is 4.90 Å². The number of benzene rings is 2. The summed E-state index contributed by atoms with van der Waals surface area (Å²) in [4.78, 5) is 20.5. The average molecular weight is 519 g/mol. The van der Waals surface area contributed by atoms with E-state index in [1.54, 1.807) is 0 Å². The van der Waals surface area contributed by atoms with Crippen LogP contribution in [0, 0.1) is 31.9 Å². The van der Waals surface area contributed by atoms with Crippen molar-refractivity contribution in [1.29, 1.82) is 0 Å². The van der Waals surface area contributed by atoms with Crippen LogP contribution in [-0.4, -0.2) is 16.4 Å².